The van der Waals surface area contributed by atoms with E-state index in [-0.39, 0.29) is 22.9 Å². The third kappa shape index (κ3) is 2.84. The first kappa shape index (κ1) is 12.7. The van der Waals surface area contributed by atoms with Crippen LogP contribution in [0.15, 0.2) is 11.8 Å². The lowest BCUT2D eigenvalue weighted by Crippen LogP contribution is -2.30. The summed E-state index contributed by atoms with van der Waals surface area (Å²) in [5.41, 5.74) is 0.0750. The third-order valence-corrected chi connectivity index (χ3v) is 3.02. The topological polar surface area (TPSA) is 66.4 Å². The zero-order valence-electron chi connectivity index (χ0n) is 10.2. The Morgan fingerprint density at radius 2 is 1.94 bits per heavy atom. The Morgan fingerprint density at radius 3 is 2.25 bits per heavy atom. The number of hydrogen-bond donors (Lipinski definition) is 2. The normalized spacial score (nSPS) is 25.1. The van der Waals surface area contributed by atoms with Crippen LogP contribution in [0.2, 0.25) is 0 Å². The third-order valence-electron chi connectivity index (χ3n) is 3.02. The number of carbonyl (C=O) groups is 2. The number of carbonyl (C=O) groups excluding carboxylic acids is 1. The molecule has 0 saturated heterocycles. The molecule has 0 aromatic carbocycles. The van der Waals surface area contributed by atoms with E-state index in [1.165, 1.54) is 6.08 Å². The average Bonchev–Trinajstić information content (AvgIpc) is 2.91. The first-order chi connectivity index (χ1) is 7.27. The van der Waals surface area contributed by atoms with Gasteiger partial charge < -0.3 is 10.4 Å². The minimum Gasteiger partial charge on any atom is -0.477 e. The number of nitrogens with one attached hydrogen (secondary N) is 1. The Kier molecular flexibility index (Phi) is 3.41. The fourth-order valence-corrected chi connectivity index (χ4v) is 1.92. The van der Waals surface area contributed by atoms with Gasteiger partial charge >= 0.3 is 5.97 Å². The molecule has 1 rings (SSSR count). The summed E-state index contributed by atoms with van der Waals surface area (Å²) >= 11 is 0. The van der Waals surface area contributed by atoms with Crippen molar-refractivity contribution >= 4 is 11.9 Å². The summed E-state index contributed by atoms with van der Waals surface area (Å²) in [7, 11) is 0. The summed E-state index contributed by atoms with van der Waals surface area (Å²) in [6, 6.07) is 0. The van der Waals surface area contributed by atoms with E-state index in [1.54, 1.807) is 6.92 Å². The zero-order valence-corrected chi connectivity index (χ0v) is 10.2. The van der Waals surface area contributed by atoms with Gasteiger partial charge in [0.15, 0.2) is 0 Å². The molecular weight excluding hydrogens is 206 g/mol. The second-order valence-corrected chi connectivity index (χ2v) is 5.31. The highest BCUT2D eigenvalue weighted by Gasteiger charge is 2.49. The van der Waals surface area contributed by atoms with Crippen LogP contribution in [0.25, 0.3) is 0 Å². The monoisotopic (exact) mass is 225 g/mol. The number of aliphatic carboxylic acids is 1. The van der Waals surface area contributed by atoms with Crippen LogP contribution in [0.5, 0.6) is 0 Å². The number of allylic oxidation sites excluding steroid dienone is 1. The van der Waals surface area contributed by atoms with Gasteiger partial charge in [0.2, 0.25) is 5.91 Å². The standard InChI is InChI=1S/C12H19NO3/c1-5-9(11(15)16)13-10(14)7-6-8(7)12(2,3)4/h5,7-8H,6H2,1-4H3,(H,13,14)(H,15,16)/b9-5-. The molecule has 90 valence electrons. The molecule has 0 heterocycles. The van der Waals surface area contributed by atoms with Gasteiger partial charge in [0.25, 0.3) is 0 Å². The van der Waals surface area contributed by atoms with Crippen LogP contribution in [-0.2, 0) is 9.59 Å². The van der Waals surface area contributed by atoms with E-state index in [9.17, 15) is 9.59 Å². The minimum absolute atomic E-state index is 0.0331. The van der Waals surface area contributed by atoms with Crippen molar-refractivity contribution in [2.75, 3.05) is 0 Å². The molecule has 1 fully saturated rings. The highest BCUT2D eigenvalue weighted by Crippen LogP contribution is 2.50. The molecule has 4 heteroatoms. The molecule has 0 aromatic heterocycles. The Hall–Kier alpha value is -1.32. The van der Waals surface area contributed by atoms with Crippen LogP contribution >= 0.6 is 0 Å². The van der Waals surface area contributed by atoms with Crippen LogP contribution in [0.1, 0.15) is 34.1 Å². The molecule has 4 nitrogen and oxygen atoms in total. The number of hydrogen-bond acceptors (Lipinski definition) is 2. The molecule has 2 N–H and O–H groups in total. The number of amides is 1. The second kappa shape index (κ2) is 4.28. The van der Waals surface area contributed by atoms with Crippen LogP contribution in [0.3, 0.4) is 0 Å². The summed E-state index contributed by atoms with van der Waals surface area (Å²) < 4.78 is 0. The summed E-state index contributed by atoms with van der Waals surface area (Å²) in [5, 5.41) is 11.2. The van der Waals surface area contributed by atoms with Crippen molar-refractivity contribution < 1.29 is 14.7 Å². The Balaban J connectivity index is 2.54. The van der Waals surface area contributed by atoms with Crippen LogP contribution in [0.4, 0.5) is 0 Å². The van der Waals surface area contributed by atoms with E-state index in [0.29, 0.717) is 5.92 Å². The lowest BCUT2D eigenvalue weighted by atomic mass is 9.89. The molecule has 0 aliphatic heterocycles. The maximum absolute atomic E-state index is 11.7. The smallest absolute Gasteiger partial charge is 0.352 e. The number of carboxylic acid groups (broad SMARTS) is 1. The van der Waals surface area contributed by atoms with E-state index in [2.05, 4.69) is 26.1 Å². The fraction of sp³-hybridized carbons (Fsp3) is 0.667. The number of rotatable bonds is 3. The molecule has 1 aliphatic rings. The largest absolute Gasteiger partial charge is 0.477 e. The molecule has 2 unspecified atom stereocenters. The quantitative estimate of drug-likeness (QED) is 0.719. The van der Waals surface area contributed by atoms with Crippen LogP contribution in [-0.4, -0.2) is 17.0 Å². The van der Waals surface area contributed by atoms with Gasteiger partial charge in [-0.05, 0) is 24.7 Å². The van der Waals surface area contributed by atoms with Crippen molar-refractivity contribution in [3.63, 3.8) is 0 Å². The molecule has 16 heavy (non-hydrogen) atoms. The van der Waals surface area contributed by atoms with Gasteiger partial charge in [-0.2, -0.15) is 0 Å². The maximum Gasteiger partial charge on any atom is 0.352 e. The SMILES string of the molecule is C/C=C(\NC(=O)C1CC1C(C)(C)C)C(=O)O. The zero-order chi connectivity index (χ0) is 12.5. The summed E-state index contributed by atoms with van der Waals surface area (Å²) in [5.74, 6) is -0.937. The van der Waals surface area contributed by atoms with Crippen molar-refractivity contribution in [3.05, 3.63) is 11.8 Å². The molecule has 0 spiro atoms. The van der Waals surface area contributed by atoms with Crippen molar-refractivity contribution in [2.45, 2.75) is 34.1 Å². The van der Waals surface area contributed by atoms with E-state index in [4.69, 9.17) is 5.11 Å². The molecule has 0 aromatic rings. The summed E-state index contributed by atoms with van der Waals surface area (Å²) in [4.78, 5) is 22.4. The first-order valence-electron chi connectivity index (χ1n) is 5.48. The first-order valence-corrected chi connectivity index (χ1v) is 5.48. The maximum atomic E-state index is 11.7. The van der Waals surface area contributed by atoms with Gasteiger partial charge in [0.1, 0.15) is 5.70 Å². The predicted molar refractivity (Wildman–Crippen MR) is 60.6 cm³/mol. The molecular formula is C12H19NO3. The summed E-state index contributed by atoms with van der Waals surface area (Å²) in [6.07, 6.45) is 2.25. The molecule has 1 amide bonds. The highest BCUT2D eigenvalue weighted by atomic mass is 16.4. The van der Waals surface area contributed by atoms with Crippen molar-refractivity contribution in [1.82, 2.24) is 5.32 Å². The van der Waals surface area contributed by atoms with Crippen molar-refractivity contribution in [3.8, 4) is 0 Å². The van der Waals surface area contributed by atoms with E-state index < -0.39 is 5.97 Å². The van der Waals surface area contributed by atoms with E-state index in [1.807, 2.05) is 0 Å². The summed E-state index contributed by atoms with van der Waals surface area (Å²) in [6.45, 7) is 7.88. The Morgan fingerprint density at radius 1 is 1.38 bits per heavy atom. The molecule has 0 bridgehead atoms. The van der Waals surface area contributed by atoms with Gasteiger partial charge in [0.05, 0.1) is 0 Å². The minimum atomic E-state index is -1.09. The number of carboxylic acids is 1. The van der Waals surface area contributed by atoms with Gasteiger partial charge in [-0.1, -0.05) is 26.8 Å². The van der Waals surface area contributed by atoms with E-state index in [0.717, 1.165) is 6.42 Å². The second-order valence-electron chi connectivity index (χ2n) is 5.31. The van der Waals surface area contributed by atoms with Gasteiger partial charge in [-0.25, -0.2) is 4.79 Å². The molecule has 1 aliphatic carbocycles. The highest BCUT2D eigenvalue weighted by molar-refractivity contribution is 5.94. The fourth-order valence-electron chi connectivity index (χ4n) is 1.92. The Labute approximate surface area is 95.7 Å². The lowest BCUT2D eigenvalue weighted by molar-refractivity contribution is -0.135. The molecule has 1 saturated carbocycles. The average molecular weight is 225 g/mol. The van der Waals surface area contributed by atoms with Crippen LogP contribution < -0.4 is 5.32 Å². The van der Waals surface area contributed by atoms with Gasteiger partial charge in [-0.3, -0.25) is 4.79 Å². The van der Waals surface area contributed by atoms with Gasteiger partial charge in [-0.15, -0.1) is 0 Å². The van der Waals surface area contributed by atoms with Gasteiger partial charge in [0, 0.05) is 5.92 Å². The van der Waals surface area contributed by atoms with Crippen molar-refractivity contribution in [1.29, 1.82) is 0 Å². The van der Waals surface area contributed by atoms with E-state index >= 15 is 0 Å². The Bertz CT molecular complexity index is 339. The molecule has 0 radical (unpaired) electrons. The van der Waals surface area contributed by atoms with Crippen LogP contribution in [0, 0.1) is 17.3 Å². The predicted octanol–water partition coefficient (Wildman–Crippen LogP) is 1.77. The van der Waals surface area contributed by atoms with Crippen molar-refractivity contribution in [2.24, 2.45) is 17.3 Å². The molecule has 2 atom stereocenters. The lowest BCUT2D eigenvalue weighted by Gasteiger charge is -2.17.